The van der Waals surface area contributed by atoms with Crippen molar-refractivity contribution in [3.05, 3.63) is 28.2 Å². The maximum Gasteiger partial charge on any atom is 0.0511 e. The van der Waals surface area contributed by atoms with Crippen molar-refractivity contribution in [3.8, 4) is 0 Å². The van der Waals surface area contributed by atoms with Crippen LogP contribution in [0.25, 0.3) is 0 Å². The van der Waals surface area contributed by atoms with E-state index in [4.69, 9.17) is 4.74 Å². The molecule has 1 atom stereocenters. The molecule has 0 amide bonds. The molecule has 1 saturated heterocycles. The molecule has 0 aliphatic carbocycles. The molecule has 0 saturated carbocycles. The summed E-state index contributed by atoms with van der Waals surface area (Å²) in [5, 5.41) is 3.46. The van der Waals surface area contributed by atoms with E-state index < -0.39 is 0 Å². The molecule has 0 aromatic heterocycles. The quantitative estimate of drug-likeness (QED) is 0.910. The Morgan fingerprint density at radius 1 is 1.47 bits per heavy atom. The highest BCUT2D eigenvalue weighted by molar-refractivity contribution is 9.10. The van der Waals surface area contributed by atoms with E-state index in [1.807, 2.05) is 0 Å². The Morgan fingerprint density at radius 3 is 3.00 bits per heavy atom. The first kappa shape index (κ1) is 11.0. The number of hydrogen-bond acceptors (Lipinski definition) is 2. The summed E-state index contributed by atoms with van der Waals surface area (Å²) >= 11 is 3.50. The Bertz CT molecular complexity index is 314. The lowest BCUT2D eigenvalue weighted by Crippen LogP contribution is -2.14. The summed E-state index contributed by atoms with van der Waals surface area (Å²) in [5.74, 6) is 0.671. The fourth-order valence-electron chi connectivity index (χ4n) is 1.84. The molecule has 1 unspecified atom stereocenters. The Morgan fingerprint density at radius 2 is 2.33 bits per heavy atom. The third kappa shape index (κ3) is 3.21. The van der Waals surface area contributed by atoms with Crippen molar-refractivity contribution in [2.24, 2.45) is 5.92 Å². The van der Waals surface area contributed by atoms with Crippen molar-refractivity contribution in [3.63, 3.8) is 0 Å². The number of ether oxygens (including phenoxy) is 1. The van der Waals surface area contributed by atoms with Gasteiger partial charge in [-0.05, 0) is 37.1 Å². The van der Waals surface area contributed by atoms with E-state index in [1.54, 1.807) is 0 Å². The first-order valence-electron chi connectivity index (χ1n) is 5.33. The fourth-order valence-corrected chi connectivity index (χ4v) is 2.45. The second-order valence-electron chi connectivity index (χ2n) is 4.13. The topological polar surface area (TPSA) is 21.3 Å². The van der Waals surface area contributed by atoms with Gasteiger partial charge >= 0.3 is 0 Å². The highest BCUT2D eigenvalue weighted by atomic mass is 79.9. The summed E-state index contributed by atoms with van der Waals surface area (Å²) in [5.41, 5.74) is 2.46. The average molecular weight is 270 g/mol. The number of hydrogen-bond donors (Lipinski definition) is 1. The highest BCUT2D eigenvalue weighted by Crippen LogP contribution is 2.20. The minimum Gasteiger partial charge on any atom is -0.385 e. The van der Waals surface area contributed by atoms with Gasteiger partial charge in [0.1, 0.15) is 0 Å². The maximum atomic E-state index is 5.34. The Labute approximate surface area is 99.1 Å². The highest BCUT2D eigenvalue weighted by Gasteiger charge is 2.14. The van der Waals surface area contributed by atoms with Crippen LogP contribution in [-0.4, -0.2) is 19.8 Å². The zero-order valence-electron chi connectivity index (χ0n) is 8.92. The van der Waals surface area contributed by atoms with Crippen LogP contribution in [0.5, 0.6) is 0 Å². The van der Waals surface area contributed by atoms with Crippen molar-refractivity contribution >= 4 is 21.6 Å². The second kappa shape index (κ2) is 4.99. The average Bonchev–Trinajstić information content (AvgIpc) is 2.65. The molecule has 0 radical (unpaired) electrons. The molecule has 82 valence electrons. The molecule has 1 N–H and O–H groups in total. The van der Waals surface area contributed by atoms with Gasteiger partial charge in [-0.3, -0.25) is 0 Å². The van der Waals surface area contributed by atoms with Crippen LogP contribution in [0.3, 0.4) is 0 Å². The summed E-state index contributed by atoms with van der Waals surface area (Å²) in [6.45, 7) is 4.94. The molecule has 1 aromatic carbocycles. The first-order valence-corrected chi connectivity index (χ1v) is 6.12. The largest absolute Gasteiger partial charge is 0.385 e. The van der Waals surface area contributed by atoms with Crippen LogP contribution >= 0.6 is 15.9 Å². The van der Waals surface area contributed by atoms with Crippen LogP contribution < -0.4 is 5.32 Å². The number of rotatable bonds is 3. The van der Waals surface area contributed by atoms with Gasteiger partial charge in [0.05, 0.1) is 6.61 Å². The summed E-state index contributed by atoms with van der Waals surface area (Å²) in [6, 6.07) is 6.40. The number of nitrogens with one attached hydrogen (secondary N) is 1. The maximum absolute atomic E-state index is 5.34. The van der Waals surface area contributed by atoms with Crippen LogP contribution in [0.4, 0.5) is 5.69 Å². The lowest BCUT2D eigenvalue weighted by atomic mass is 10.1. The van der Waals surface area contributed by atoms with E-state index in [0.29, 0.717) is 5.92 Å². The molecule has 2 rings (SSSR count). The minimum absolute atomic E-state index is 0.671. The predicted octanol–water partition coefficient (Wildman–Crippen LogP) is 3.21. The number of anilines is 1. The van der Waals surface area contributed by atoms with E-state index in [0.717, 1.165) is 24.2 Å². The molecular formula is C12H16BrNO. The number of halogens is 1. The molecule has 1 aliphatic heterocycles. The summed E-state index contributed by atoms with van der Waals surface area (Å²) in [6.07, 6.45) is 1.18. The second-order valence-corrected chi connectivity index (χ2v) is 5.04. The van der Waals surface area contributed by atoms with Gasteiger partial charge in [-0.25, -0.2) is 0 Å². The molecule has 3 heteroatoms. The monoisotopic (exact) mass is 269 g/mol. The molecule has 0 bridgehead atoms. The Hall–Kier alpha value is -0.540. The molecule has 0 spiro atoms. The lowest BCUT2D eigenvalue weighted by molar-refractivity contribution is 0.187. The van der Waals surface area contributed by atoms with E-state index >= 15 is 0 Å². The SMILES string of the molecule is Cc1cc(Br)cc(NCC2CCOC2)c1. The normalized spacial score (nSPS) is 20.5. The molecule has 1 aliphatic rings. The van der Waals surface area contributed by atoms with Crippen LogP contribution in [0.1, 0.15) is 12.0 Å². The third-order valence-corrected chi connectivity index (χ3v) is 3.12. The summed E-state index contributed by atoms with van der Waals surface area (Å²) in [7, 11) is 0. The molecule has 2 nitrogen and oxygen atoms in total. The number of aryl methyl sites for hydroxylation is 1. The molecular weight excluding hydrogens is 254 g/mol. The first-order chi connectivity index (χ1) is 7.24. The van der Waals surface area contributed by atoms with Gasteiger partial charge in [0.2, 0.25) is 0 Å². The van der Waals surface area contributed by atoms with Crippen molar-refractivity contribution < 1.29 is 4.74 Å². The zero-order valence-corrected chi connectivity index (χ0v) is 10.5. The van der Waals surface area contributed by atoms with Gasteiger partial charge in [-0.1, -0.05) is 15.9 Å². The van der Waals surface area contributed by atoms with Crippen LogP contribution in [0, 0.1) is 12.8 Å². The van der Waals surface area contributed by atoms with E-state index in [2.05, 4.69) is 46.4 Å². The van der Waals surface area contributed by atoms with Gasteiger partial charge in [-0.2, -0.15) is 0 Å². The summed E-state index contributed by atoms with van der Waals surface area (Å²) in [4.78, 5) is 0. The van der Waals surface area contributed by atoms with Crippen molar-refractivity contribution in [2.75, 3.05) is 25.1 Å². The standard InChI is InChI=1S/C12H16BrNO/c1-9-4-11(13)6-12(5-9)14-7-10-2-3-15-8-10/h4-6,10,14H,2-3,7-8H2,1H3. The Kier molecular flexibility index (Phi) is 3.65. The smallest absolute Gasteiger partial charge is 0.0511 e. The van der Waals surface area contributed by atoms with Gasteiger partial charge < -0.3 is 10.1 Å². The van der Waals surface area contributed by atoms with E-state index in [1.165, 1.54) is 17.7 Å². The number of benzene rings is 1. The van der Waals surface area contributed by atoms with Crippen molar-refractivity contribution in [1.29, 1.82) is 0 Å². The fraction of sp³-hybridized carbons (Fsp3) is 0.500. The van der Waals surface area contributed by atoms with Gasteiger partial charge in [0, 0.05) is 29.2 Å². The van der Waals surface area contributed by atoms with E-state index in [-0.39, 0.29) is 0 Å². The van der Waals surface area contributed by atoms with Crippen LogP contribution in [0.2, 0.25) is 0 Å². The molecule has 15 heavy (non-hydrogen) atoms. The third-order valence-electron chi connectivity index (χ3n) is 2.66. The molecule has 1 fully saturated rings. The van der Waals surface area contributed by atoms with Crippen molar-refractivity contribution in [2.45, 2.75) is 13.3 Å². The lowest BCUT2D eigenvalue weighted by Gasteiger charge is -2.11. The zero-order chi connectivity index (χ0) is 10.7. The van der Waals surface area contributed by atoms with Crippen LogP contribution in [0.15, 0.2) is 22.7 Å². The van der Waals surface area contributed by atoms with Gasteiger partial charge in [-0.15, -0.1) is 0 Å². The van der Waals surface area contributed by atoms with E-state index in [9.17, 15) is 0 Å². The summed E-state index contributed by atoms with van der Waals surface area (Å²) < 4.78 is 6.48. The van der Waals surface area contributed by atoms with Gasteiger partial charge in [0.25, 0.3) is 0 Å². The van der Waals surface area contributed by atoms with Crippen molar-refractivity contribution in [1.82, 2.24) is 0 Å². The minimum atomic E-state index is 0.671. The molecule has 1 aromatic rings. The Balaban J connectivity index is 1.92. The van der Waals surface area contributed by atoms with Gasteiger partial charge in [0.15, 0.2) is 0 Å². The molecule has 1 heterocycles. The van der Waals surface area contributed by atoms with Crippen LogP contribution in [-0.2, 0) is 4.74 Å². The predicted molar refractivity (Wildman–Crippen MR) is 66.3 cm³/mol.